The van der Waals surface area contributed by atoms with Gasteiger partial charge in [-0.05, 0) is 68.9 Å². The second-order valence-corrected chi connectivity index (χ2v) is 13.1. The maximum Gasteiger partial charge on any atom is 0.0640 e. The van der Waals surface area contributed by atoms with Crippen LogP contribution in [0.2, 0.25) is 0 Å². The van der Waals surface area contributed by atoms with Gasteiger partial charge < -0.3 is 4.90 Å². The lowest BCUT2D eigenvalue weighted by Gasteiger charge is -2.29. The van der Waals surface area contributed by atoms with Crippen molar-refractivity contribution >= 4 is 59.3 Å². The molecule has 226 valence electrons. The smallest absolute Gasteiger partial charge is 0.0640 e. The van der Waals surface area contributed by atoms with Crippen LogP contribution in [0.25, 0.3) is 64.3 Å². The summed E-state index contributed by atoms with van der Waals surface area (Å²) in [4.78, 5) is 2.47. The highest BCUT2D eigenvalue weighted by molar-refractivity contribution is 7.26. The van der Waals surface area contributed by atoms with Gasteiger partial charge in [-0.1, -0.05) is 158 Å². The summed E-state index contributed by atoms with van der Waals surface area (Å²) in [6.07, 6.45) is 0. The van der Waals surface area contributed by atoms with Gasteiger partial charge in [0.25, 0.3) is 0 Å². The fraction of sp³-hybridized carbons (Fsp3) is 0. The Morgan fingerprint density at radius 3 is 1.73 bits per heavy atom. The second-order valence-electron chi connectivity index (χ2n) is 12.1. The van der Waals surface area contributed by atoms with Gasteiger partial charge in [0.1, 0.15) is 0 Å². The third kappa shape index (κ3) is 4.86. The van der Waals surface area contributed by atoms with Crippen LogP contribution >= 0.6 is 11.3 Å². The summed E-state index contributed by atoms with van der Waals surface area (Å²) in [6, 6.07) is 68.2. The van der Waals surface area contributed by atoms with Crippen LogP contribution in [0, 0.1) is 0 Å². The molecule has 0 fully saturated rings. The molecular weight excluding hydrogens is 599 g/mol. The van der Waals surface area contributed by atoms with E-state index in [1.807, 2.05) is 11.3 Å². The maximum atomic E-state index is 2.47. The standard InChI is InChI=1S/C46H31NS/c1-2-16-33(17-3-1)36-19-6-7-20-37(36)38-21-8-9-22-39(38)40-23-10-12-26-43(40)47(35-30-29-32-15-4-5-18-34(32)31-35)44-27-14-25-42-41-24-11-13-28-45(41)48-46(42)44/h1-31H. The molecule has 0 amide bonds. The summed E-state index contributed by atoms with van der Waals surface area (Å²) in [6.45, 7) is 0. The van der Waals surface area contributed by atoms with Gasteiger partial charge in [0.05, 0.1) is 16.1 Å². The minimum atomic E-state index is 1.13. The molecule has 0 aliphatic carbocycles. The minimum absolute atomic E-state index is 1.13. The number of hydrogen-bond donors (Lipinski definition) is 0. The number of thiophene rings is 1. The molecule has 0 unspecified atom stereocenters. The van der Waals surface area contributed by atoms with E-state index in [1.54, 1.807) is 0 Å². The van der Waals surface area contributed by atoms with Crippen LogP contribution in [0.3, 0.4) is 0 Å². The zero-order valence-corrected chi connectivity index (χ0v) is 27.1. The first kappa shape index (κ1) is 28.3. The Kier molecular flexibility index (Phi) is 7.07. The maximum absolute atomic E-state index is 2.47. The molecule has 0 saturated carbocycles. The molecule has 0 radical (unpaired) electrons. The highest BCUT2D eigenvalue weighted by atomic mass is 32.1. The van der Waals surface area contributed by atoms with E-state index in [2.05, 4.69) is 193 Å². The summed E-state index contributed by atoms with van der Waals surface area (Å²) in [7, 11) is 0. The number of hydrogen-bond acceptors (Lipinski definition) is 2. The Balaban J connectivity index is 1.31. The number of fused-ring (bicyclic) bond motifs is 4. The predicted octanol–water partition coefficient (Wildman–Crippen LogP) is 13.7. The van der Waals surface area contributed by atoms with Crippen molar-refractivity contribution in [1.29, 1.82) is 0 Å². The zero-order chi connectivity index (χ0) is 31.9. The summed E-state index contributed by atoms with van der Waals surface area (Å²) in [5.74, 6) is 0. The van der Waals surface area contributed by atoms with Crippen LogP contribution in [0.1, 0.15) is 0 Å². The van der Waals surface area contributed by atoms with E-state index in [9.17, 15) is 0 Å². The van der Waals surface area contributed by atoms with Crippen molar-refractivity contribution in [3.63, 3.8) is 0 Å². The van der Waals surface area contributed by atoms with E-state index in [0.29, 0.717) is 0 Å². The molecule has 2 heteroatoms. The van der Waals surface area contributed by atoms with Crippen LogP contribution in [-0.4, -0.2) is 0 Å². The zero-order valence-electron chi connectivity index (χ0n) is 26.3. The number of nitrogens with zero attached hydrogens (tertiary/aromatic N) is 1. The largest absolute Gasteiger partial charge is 0.308 e. The van der Waals surface area contributed by atoms with Crippen LogP contribution in [0.5, 0.6) is 0 Å². The van der Waals surface area contributed by atoms with Crippen LogP contribution < -0.4 is 4.90 Å². The van der Waals surface area contributed by atoms with Crippen molar-refractivity contribution in [2.24, 2.45) is 0 Å². The average molecular weight is 630 g/mol. The average Bonchev–Trinajstić information content (AvgIpc) is 3.55. The molecule has 0 aliphatic heterocycles. The van der Waals surface area contributed by atoms with Crippen molar-refractivity contribution in [1.82, 2.24) is 0 Å². The molecule has 1 aromatic heterocycles. The van der Waals surface area contributed by atoms with Gasteiger partial charge in [-0.2, -0.15) is 0 Å². The van der Waals surface area contributed by atoms with Crippen molar-refractivity contribution in [3.8, 4) is 33.4 Å². The van der Waals surface area contributed by atoms with Gasteiger partial charge in [-0.25, -0.2) is 0 Å². The van der Waals surface area contributed by atoms with Gasteiger partial charge in [0.15, 0.2) is 0 Å². The van der Waals surface area contributed by atoms with Crippen molar-refractivity contribution in [2.75, 3.05) is 4.90 Å². The first-order valence-corrected chi connectivity index (χ1v) is 17.2. The molecule has 48 heavy (non-hydrogen) atoms. The first-order chi connectivity index (χ1) is 23.8. The number of benzene rings is 8. The Labute approximate surface area is 284 Å². The predicted molar refractivity (Wildman–Crippen MR) is 208 cm³/mol. The summed E-state index contributed by atoms with van der Waals surface area (Å²) >= 11 is 1.87. The number of rotatable bonds is 6. The highest BCUT2D eigenvalue weighted by Gasteiger charge is 2.22. The molecule has 1 nitrogen and oxygen atoms in total. The van der Waals surface area contributed by atoms with E-state index in [1.165, 1.54) is 70.0 Å². The molecular formula is C46H31NS. The highest BCUT2D eigenvalue weighted by Crippen LogP contribution is 2.49. The third-order valence-electron chi connectivity index (χ3n) is 9.28. The summed E-state index contributed by atoms with van der Waals surface area (Å²) in [5.41, 5.74) is 10.7. The van der Waals surface area contributed by atoms with E-state index in [4.69, 9.17) is 0 Å². The summed E-state index contributed by atoms with van der Waals surface area (Å²) in [5, 5.41) is 5.04. The van der Waals surface area contributed by atoms with Crippen LogP contribution in [0.4, 0.5) is 17.1 Å². The van der Waals surface area contributed by atoms with Gasteiger partial charge in [0.2, 0.25) is 0 Å². The van der Waals surface area contributed by atoms with Crippen LogP contribution in [-0.2, 0) is 0 Å². The lowest BCUT2D eigenvalue weighted by Crippen LogP contribution is -2.11. The van der Waals surface area contributed by atoms with Gasteiger partial charge >= 0.3 is 0 Å². The van der Waals surface area contributed by atoms with E-state index < -0.39 is 0 Å². The minimum Gasteiger partial charge on any atom is -0.308 e. The second kappa shape index (κ2) is 12.0. The lowest BCUT2D eigenvalue weighted by molar-refractivity contribution is 1.31. The van der Waals surface area contributed by atoms with Crippen molar-refractivity contribution in [2.45, 2.75) is 0 Å². The molecule has 9 aromatic rings. The lowest BCUT2D eigenvalue weighted by atomic mass is 9.88. The topological polar surface area (TPSA) is 3.24 Å². The number of anilines is 3. The normalized spacial score (nSPS) is 11.3. The Morgan fingerprint density at radius 2 is 0.917 bits per heavy atom. The molecule has 0 spiro atoms. The Hall–Kier alpha value is -5.96. The van der Waals surface area contributed by atoms with Crippen molar-refractivity contribution in [3.05, 3.63) is 188 Å². The van der Waals surface area contributed by atoms with E-state index >= 15 is 0 Å². The summed E-state index contributed by atoms with van der Waals surface area (Å²) < 4.78 is 2.58. The van der Waals surface area contributed by atoms with Crippen molar-refractivity contribution < 1.29 is 0 Å². The SMILES string of the molecule is c1ccc(-c2ccccc2-c2ccccc2-c2ccccc2N(c2ccc3ccccc3c2)c2cccc3c2sc2ccccc23)cc1. The first-order valence-electron chi connectivity index (χ1n) is 16.4. The van der Waals surface area contributed by atoms with Gasteiger partial charge in [-0.3, -0.25) is 0 Å². The van der Waals surface area contributed by atoms with E-state index in [-0.39, 0.29) is 0 Å². The Bertz CT molecular complexity index is 2580. The fourth-order valence-corrected chi connectivity index (χ4v) is 8.28. The quantitative estimate of drug-likeness (QED) is 0.177. The Morgan fingerprint density at radius 1 is 0.354 bits per heavy atom. The molecule has 0 saturated heterocycles. The van der Waals surface area contributed by atoms with E-state index in [0.717, 1.165) is 11.4 Å². The molecule has 0 bridgehead atoms. The fourth-order valence-electron chi connectivity index (χ4n) is 7.07. The molecule has 1 heterocycles. The number of para-hydroxylation sites is 1. The molecule has 9 rings (SSSR count). The monoisotopic (exact) mass is 629 g/mol. The van der Waals surface area contributed by atoms with Gasteiger partial charge in [0, 0.05) is 26.7 Å². The molecule has 0 atom stereocenters. The molecule has 0 aliphatic rings. The third-order valence-corrected chi connectivity index (χ3v) is 10.5. The molecule has 0 N–H and O–H groups in total. The molecule has 8 aromatic carbocycles. The van der Waals surface area contributed by atoms with Crippen LogP contribution in [0.15, 0.2) is 188 Å². The van der Waals surface area contributed by atoms with Gasteiger partial charge in [-0.15, -0.1) is 11.3 Å².